The van der Waals surface area contributed by atoms with Crippen molar-refractivity contribution in [2.75, 3.05) is 31.1 Å². The second kappa shape index (κ2) is 9.29. The summed E-state index contributed by atoms with van der Waals surface area (Å²) in [5.74, 6) is 3.21. The monoisotopic (exact) mass is 461 g/mol. The normalized spacial score (nSPS) is 25.9. The highest BCUT2D eigenvalue weighted by Crippen LogP contribution is 2.32. The standard InChI is InChI=1S/C18H27N3OS.HI/c1-2-19-17(21-12-18(22)9-10-23-13-18)20-11-15-8-7-14-5-3-4-6-16(14)15;/h3-6,15,22H,2,7-13H2,1H3,(H2,19,20,21);1H. The van der Waals surface area contributed by atoms with Crippen molar-refractivity contribution in [3.8, 4) is 0 Å². The van der Waals surface area contributed by atoms with Gasteiger partial charge in [0.15, 0.2) is 5.96 Å². The number of guanidine groups is 1. The molecular formula is C18H28IN3OS. The van der Waals surface area contributed by atoms with Crippen LogP contribution < -0.4 is 10.6 Å². The Hall–Kier alpha value is -0.470. The number of nitrogens with zero attached hydrogens (tertiary/aromatic N) is 1. The molecule has 0 saturated carbocycles. The zero-order valence-electron chi connectivity index (χ0n) is 14.3. The van der Waals surface area contributed by atoms with Crippen LogP contribution in [0.15, 0.2) is 29.3 Å². The number of aliphatic hydroxyl groups is 1. The Bertz CT molecular complexity index is 561. The quantitative estimate of drug-likeness (QED) is 0.359. The number of nitrogens with one attached hydrogen (secondary N) is 2. The van der Waals surface area contributed by atoms with Gasteiger partial charge in [0.1, 0.15) is 0 Å². The molecule has 1 fully saturated rings. The first-order chi connectivity index (χ1) is 11.2. The van der Waals surface area contributed by atoms with Crippen molar-refractivity contribution >= 4 is 41.7 Å². The molecule has 3 rings (SSSR count). The molecule has 0 amide bonds. The first-order valence-electron chi connectivity index (χ1n) is 8.60. The molecule has 24 heavy (non-hydrogen) atoms. The van der Waals surface area contributed by atoms with Crippen molar-refractivity contribution in [1.29, 1.82) is 0 Å². The largest absolute Gasteiger partial charge is 0.387 e. The van der Waals surface area contributed by atoms with Gasteiger partial charge in [-0.05, 0) is 43.1 Å². The van der Waals surface area contributed by atoms with Crippen molar-refractivity contribution in [2.45, 2.75) is 37.7 Å². The van der Waals surface area contributed by atoms with E-state index in [1.807, 2.05) is 11.8 Å². The molecular weight excluding hydrogens is 433 g/mol. The predicted molar refractivity (Wildman–Crippen MR) is 114 cm³/mol. The number of thioether (sulfide) groups is 1. The van der Waals surface area contributed by atoms with Gasteiger partial charge in [-0.25, -0.2) is 0 Å². The highest BCUT2D eigenvalue weighted by atomic mass is 127. The second-order valence-corrected chi connectivity index (χ2v) is 7.64. The molecule has 1 heterocycles. The van der Waals surface area contributed by atoms with E-state index in [0.717, 1.165) is 37.0 Å². The lowest BCUT2D eigenvalue weighted by atomic mass is 10.0. The van der Waals surface area contributed by atoms with Gasteiger partial charge in [-0.2, -0.15) is 11.8 Å². The zero-order valence-corrected chi connectivity index (χ0v) is 17.4. The van der Waals surface area contributed by atoms with Crippen LogP contribution in [0.1, 0.15) is 36.8 Å². The van der Waals surface area contributed by atoms with E-state index >= 15 is 0 Å². The van der Waals surface area contributed by atoms with E-state index in [4.69, 9.17) is 0 Å². The highest BCUT2D eigenvalue weighted by Gasteiger charge is 2.31. The van der Waals surface area contributed by atoms with Crippen molar-refractivity contribution < 1.29 is 5.11 Å². The Kier molecular flexibility index (Phi) is 7.68. The van der Waals surface area contributed by atoms with Gasteiger partial charge in [-0.1, -0.05) is 24.3 Å². The number of aliphatic imine (C=N–C) groups is 1. The molecule has 0 spiro atoms. The number of rotatable bonds is 5. The lowest BCUT2D eigenvalue weighted by Gasteiger charge is -2.20. The van der Waals surface area contributed by atoms with Gasteiger partial charge in [0.2, 0.25) is 0 Å². The van der Waals surface area contributed by atoms with E-state index in [1.54, 1.807) is 0 Å². The molecule has 1 saturated heterocycles. The van der Waals surface area contributed by atoms with Crippen LogP contribution in [0.4, 0.5) is 0 Å². The summed E-state index contributed by atoms with van der Waals surface area (Å²) in [5.41, 5.74) is 2.34. The van der Waals surface area contributed by atoms with E-state index in [1.165, 1.54) is 24.0 Å². The maximum atomic E-state index is 10.4. The number of hydrogen-bond acceptors (Lipinski definition) is 3. The zero-order chi connectivity index (χ0) is 16.1. The number of benzene rings is 1. The average molecular weight is 461 g/mol. The molecule has 1 aromatic rings. The second-order valence-electron chi connectivity index (χ2n) is 6.54. The van der Waals surface area contributed by atoms with Gasteiger partial charge in [0, 0.05) is 24.8 Å². The molecule has 2 aliphatic rings. The van der Waals surface area contributed by atoms with Gasteiger partial charge < -0.3 is 15.7 Å². The Morgan fingerprint density at radius 3 is 2.96 bits per heavy atom. The van der Waals surface area contributed by atoms with E-state index < -0.39 is 5.60 Å². The van der Waals surface area contributed by atoms with Crippen LogP contribution in [-0.2, 0) is 6.42 Å². The van der Waals surface area contributed by atoms with Crippen LogP contribution in [0.3, 0.4) is 0 Å². The predicted octanol–water partition coefficient (Wildman–Crippen LogP) is 2.76. The fourth-order valence-corrected chi connectivity index (χ4v) is 4.65. The van der Waals surface area contributed by atoms with E-state index in [0.29, 0.717) is 12.5 Å². The van der Waals surface area contributed by atoms with Gasteiger partial charge in [-0.3, -0.25) is 4.99 Å². The van der Waals surface area contributed by atoms with Gasteiger partial charge in [0.05, 0.1) is 12.1 Å². The fraction of sp³-hybridized carbons (Fsp3) is 0.611. The van der Waals surface area contributed by atoms with Crippen LogP contribution in [0, 0.1) is 0 Å². The summed E-state index contributed by atoms with van der Waals surface area (Å²) in [7, 11) is 0. The maximum Gasteiger partial charge on any atom is 0.191 e. The molecule has 1 aliphatic carbocycles. The third-order valence-electron chi connectivity index (χ3n) is 4.73. The molecule has 4 nitrogen and oxygen atoms in total. The molecule has 0 bridgehead atoms. The van der Waals surface area contributed by atoms with Crippen LogP contribution in [0.2, 0.25) is 0 Å². The highest BCUT2D eigenvalue weighted by molar-refractivity contribution is 14.0. The molecule has 2 atom stereocenters. The van der Waals surface area contributed by atoms with Gasteiger partial charge in [0.25, 0.3) is 0 Å². The number of aryl methyl sites for hydroxylation is 1. The summed E-state index contributed by atoms with van der Waals surface area (Å²) in [6.45, 7) is 4.29. The van der Waals surface area contributed by atoms with Crippen LogP contribution in [0.5, 0.6) is 0 Å². The summed E-state index contributed by atoms with van der Waals surface area (Å²) in [6, 6.07) is 8.74. The molecule has 1 aliphatic heterocycles. The fourth-order valence-electron chi connectivity index (χ4n) is 3.37. The van der Waals surface area contributed by atoms with Crippen LogP contribution in [-0.4, -0.2) is 47.8 Å². The smallest absolute Gasteiger partial charge is 0.191 e. The number of halogens is 1. The summed E-state index contributed by atoms with van der Waals surface area (Å²) >= 11 is 1.81. The number of fused-ring (bicyclic) bond motifs is 1. The molecule has 2 unspecified atom stereocenters. The lowest BCUT2D eigenvalue weighted by Crippen LogP contribution is -2.41. The van der Waals surface area contributed by atoms with Crippen LogP contribution >= 0.6 is 35.7 Å². The van der Waals surface area contributed by atoms with Gasteiger partial charge in [-0.15, -0.1) is 24.0 Å². The Balaban J connectivity index is 0.00000208. The minimum atomic E-state index is -0.618. The molecule has 134 valence electrons. The van der Waals surface area contributed by atoms with Gasteiger partial charge >= 0.3 is 0 Å². The molecule has 3 N–H and O–H groups in total. The minimum absolute atomic E-state index is 0. The Morgan fingerprint density at radius 1 is 1.38 bits per heavy atom. The Morgan fingerprint density at radius 2 is 2.21 bits per heavy atom. The van der Waals surface area contributed by atoms with E-state index in [2.05, 4.69) is 46.8 Å². The van der Waals surface area contributed by atoms with E-state index in [-0.39, 0.29) is 24.0 Å². The van der Waals surface area contributed by atoms with Crippen LogP contribution in [0.25, 0.3) is 0 Å². The van der Waals surface area contributed by atoms with Crippen molar-refractivity contribution in [1.82, 2.24) is 10.6 Å². The van der Waals surface area contributed by atoms with E-state index in [9.17, 15) is 5.11 Å². The van der Waals surface area contributed by atoms with Crippen molar-refractivity contribution in [2.24, 2.45) is 4.99 Å². The third-order valence-corrected chi connectivity index (χ3v) is 5.97. The molecule has 6 heteroatoms. The maximum absolute atomic E-state index is 10.4. The SMILES string of the molecule is CCNC(=NCC1(O)CCSC1)NCC1CCc2ccccc21.I. The average Bonchev–Trinajstić information content (AvgIpc) is 3.17. The molecule has 0 radical (unpaired) electrons. The first-order valence-corrected chi connectivity index (χ1v) is 9.76. The number of hydrogen-bond donors (Lipinski definition) is 3. The molecule has 1 aromatic carbocycles. The summed E-state index contributed by atoms with van der Waals surface area (Å²) in [6.07, 6.45) is 3.22. The minimum Gasteiger partial charge on any atom is -0.387 e. The molecule has 0 aromatic heterocycles. The third kappa shape index (κ3) is 5.02. The Labute approximate surface area is 166 Å². The summed E-state index contributed by atoms with van der Waals surface area (Å²) in [5, 5.41) is 17.2. The summed E-state index contributed by atoms with van der Waals surface area (Å²) in [4.78, 5) is 4.62. The summed E-state index contributed by atoms with van der Waals surface area (Å²) < 4.78 is 0. The first kappa shape index (κ1) is 19.8. The topological polar surface area (TPSA) is 56.7 Å². The van der Waals surface area contributed by atoms with Crippen molar-refractivity contribution in [3.05, 3.63) is 35.4 Å². The van der Waals surface area contributed by atoms with Crippen molar-refractivity contribution in [3.63, 3.8) is 0 Å². The lowest BCUT2D eigenvalue weighted by molar-refractivity contribution is 0.0778.